The lowest BCUT2D eigenvalue weighted by Gasteiger charge is -2.26. The van der Waals surface area contributed by atoms with Crippen LogP contribution in [-0.2, 0) is 0 Å². The van der Waals surface area contributed by atoms with Crippen molar-refractivity contribution in [1.29, 1.82) is 0 Å². The molecule has 2 heterocycles. The Morgan fingerprint density at radius 3 is 2.86 bits per heavy atom. The molecule has 0 spiro atoms. The van der Waals surface area contributed by atoms with Gasteiger partial charge in [0.05, 0.1) is 17.4 Å². The standard InChI is InChI=1S/C16H20BrN3O/c17-12-4-5-15-13(10-12)16(14(18)11-19-15)21-9-8-20-6-2-1-3-7-20/h4-5,10-11H,1-3,6-9,18H2. The number of piperidine rings is 1. The minimum atomic E-state index is 0.597. The molecule has 0 amide bonds. The van der Waals surface area contributed by atoms with Crippen molar-refractivity contribution in [2.45, 2.75) is 19.3 Å². The van der Waals surface area contributed by atoms with Crippen molar-refractivity contribution < 1.29 is 4.74 Å². The lowest BCUT2D eigenvalue weighted by Crippen LogP contribution is -2.33. The molecule has 0 bridgehead atoms. The summed E-state index contributed by atoms with van der Waals surface area (Å²) >= 11 is 3.49. The number of likely N-dealkylation sites (tertiary alicyclic amines) is 1. The predicted octanol–water partition coefficient (Wildman–Crippen LogP) is 3.44. The first kappa shape index (κ1) is 14.6. The summed E-state index contributed by atoms with van der Waals surface area (Å²) in [6, 6.07) is 5.95. The molecule has 1 aliphatic heterocycles. The molecule has 3 rings (SSSR count). The maximum atomic E-state index is 6.04. The molecular weight excluding hydrogens is 330 g/mol. The van der Waals surface area contributed by atoms with Crippen LogP contribution in [0, 0.1) is 0 Å². The van der Waals surface area contributed by atoms with Gasteiger partial charge in [-0.1, -0.05) is 22.4 Å². The highest BCUT2D eigenvalue weighted by molar-refractivity contribution is 9.10. The van der Waals surface area contributed by atoms with E-state index in [0.717, 1.165) is 27.7 Å². The van der Waals surface area contributed by atoms with Crippen molar-refractivity contribution in [2.75, 3.05) is 32.0 Å². The number of aromatic nitrogens is 1. The first-order valence-electron chi connectivity index (χ1n) is 7.43. The maximum absolute atomic E-state index is 6.04. The van der Waals surface area contributed by atoms with Crippen LogP contribution in [0.1, 0.15) is 19.3 Å². The molecule has 0 aliphatic carbocycles. The van der Waals surface area contributed by atoms with Gasteiger partial charge in [-0.05, 0) is 44.1 Å². The lowest BCUT2D eigenvalue weighted by atomic mass is 10.1. The highest BCUT2D eigenvalue weighted by atomic mass is 79.9. The zero-order valence-electron chi connectivity index (χ0n) is 12.0. The van der Waals surface area contributed by atoms with Gasteiger partial charge in [0.15, 0.2) is 5.75 Å². The Bertz CT molecular complexity index is 621. The second-order valence-corrected chi connectivity index (χ2v) is 6.37. The Labute approximate surface area is 133 Å². The highest BCUT2D eigenvalue weighted by Crippen LogP contribution is 2.32. The normalized spacial score (nSPS) is 16.2. The molecule has 0 atom stereocenters. The third-order valence-corrected chi connectivity index (χ3v) is 4.40. The first-order valence-corrected chi connectivity index (χ1v) is 8.22. The van der Waals surface area contributed by atoms with Crippen molar-refractivity contribution in [3.63, 3.8) is 0 Å². The summed E-state index contributed by atoms with van der Waals surface area (Å²) in [6.45, 7) is 3.98. The van der Waals surface area contributed by atoms with Crippen LogP contribution in [0.15, 0.2) is 28.9 Å². The number of nitrogens with zero attached hydrogens (tertiary/aromatic N) is 2. The molecule has 1 aromatic heterocycles. The fourth-order valence-corrected chi connectivity index (χ4v) is 3.14. The van der Waals surface area contributed by atoms with Crippen molar-refractivity contribution in [3.8, 4) is 5.75 Å². The number of nitrogens with two attached hydrogens (primary N) is 1. The molecule has 1 aromatic carbocycles. The van der Waals surface area contributed by atoms with E-state index in [2.05, 4.69) is 25.8 Å². The van der Waals surface area contributed by atoms with E-state index in [0.29, 0.717) is 12.3 Å². The van der Waals surface area contributed by atoms with E-state index in [-0.39, 0.29) is 0 Å². The van der Waals surface area contributed by atoms with Crippen LogP contribution in [0.25, 0.3) is 10.9 Å². The first-order chi connectivity index (χ1) is 10.2. The second-order valence-electron chi connectivity index (χ2n) is 5.45. The molecule has 5 heteroatoms. The fraction of sp³-hybridized carbons (Fsp3) is 0.438. The predicted molar refractivity (Wildman–Crippen MR) is 89.6 cm³/mol. The summed E-state index contributed by atoms with van der Waals surface area (Å²) in [7, 11) is 0. The van der Waals surface area contributed by atoms with Crippen LogP contribution in [0.5, 0.6) is 5.75 Å². The van der Waals surface area contributed by atoms with Crippen molar-refractivity contribution >= 4 is 32.5 Å². The second kappa shape index (κ2) is 6.62. The minimum absolute atomic E-state index is 0.597. The monoisotopic (exact) mass is 349 g/mol. The van der Waals surface area contributed by atoms with Crippen LogP contribution >= 0.6 is 15.9 Å². The number of ether oxygens (including phenoxy) is 1. The third-order valence-electron chi connectivity index (χ3n) is 3.91. The molecule has 112 valence electrons. The summed E-state index contributed by atoms with van der Waals surface area (Å²) in [4.78, 5) is 6.80. The SMILES string of the molecule is Nc1cnc2ccc(Br)cc2c1OCCN1CCCCC1. The zero-order chi connectivity index (χ0) is 14.7. The van der Waals surface area contributed by atoms with Crippen LogP contribution in [0.2, 0.25) is 0 Å². The van der Waals surface area contributed by atoms with E-state index < -0.39 is 0 Å². The van der Waals surface area contributed by atoms with Gasteiger partial charge in [0, 0.05) is 16.4 Å². The molecule has 2 N–H and O–H groups in total. The summed E-state index contributed by atoms with van der Waals surface area (Å²) in [5.74, 6) is 0.748. The molecule has 0 radical (unpaired) electrons. The molecule has 1 fully saturated rings. The Balaban J connectivity index is 1.73. The van der Waals surface area contributed by atoms with Gasteiger partial charge in [0.2, 0.25) is 0 Å². The number of benzene rings is 1. The molecule has 1 aliphatic rings. The number of hydrogen-bond donors (Lipinski definition) is 1. The fourth-order valence-electron chi connectivity index (χ4n) is 2.78. The van der Waals surface area contributed by atoms with Gasteiger partial charge in [0.1, 0.15) is 6.61 Å². The lowest BCUT2D eigenvalue weighted by molar-refractivity contribution is 0.184. The van der Waals surface area contributed by atoms with Gasteiger partial charge >= 0.3 is 0 Å². The topological polar surface area (TPSA) is 51.4 Å². The average molecular weight is 350 g/mol. The third kappa shape index (κ3) is 3.47. The van der Waals surface area contributed by atoms with Crippen LogP contribution < -0.4 is 10.5 Å². The van der Waals surface area contributed by atoms with E-state index in [9.17, 15) is 0 Å². The van der Waals surface area contributed by atoms with Crippen molar-refractivity contribution in [1.82, 2.24) is 9.88 Å². The summed E-state index contributed by atoms with van der Waals surface area (Å²) < 4.78 is 6.98. The minimum Gasteiger partial charge on any atom is -0.489 e. The molecule has 4 nitrogen and oxygen atoms in total. The molecule has 1 saturated heterocycles. The van der Waals surface area contributed by atoms with Gasteiger partial charge in [-0.3, -0.25) is 9.88 Å². The summed E-state index contributed by atoms with van der Waals surface area (Å²) in [5.41, 5.74) is 7.54. The van der Waals surface area contributed by atoms with Crippen LogP contribution in [0.4, 0.5) is 5.69 Å². The van der Waals surface area contributed by atoms with Gasteiger partial charge in [0.25, 0.3) is 0 Å². The number of hydrogen-bond acceptors (Lipinski definition) is 4. The number of anilines is 1. The van der Waals surface area contributed by atoms with Crippen LogP contribution in [0.3, 0.4) is 0 Å². The van der Waals surface area contributed by atoms with Gasteiger partial charge in [-0.15, -0.1) is 0 Å². The molecule has 2 aromatic rings. The zero-order valence-corrected chi connectivity index (χ0v) is 13.6. The number of nitrogen functional groups attached to an aromatic ring is 1. The van der Waals surface area contributed by atoms with E-state index in [1.54, 1.807) is 6.20 Å². The number of rotatable bonds is 4. The van der Waals surface area contributed by atoms with Gasteiger partial charge in [-0.25, -0.2) is 0 Å². The quantitative estimate of drug-likeness (QED) is 0.918. The smallest absolute Gasteiger partial charge is 0.153 e. The van der Waals surface area contributed by atoms with Crippen molar-refractivity contribution in [2.24, 2.45) is 0 Å². The Hall–Kier alpha value is -1.33. The Morgan fingerprint density at radius 1 is 1.24 bits per heavy atom. The van der Waals surface area contributed by atoms with Crippen molar-refractivity contribution in [3.05, 3.63) is 28.9 Å². The summed E-state index contributed by atoms with van der Waals surface area (Å²) in [6.07, 6.45) is 5.63. The number of halogens is 1. The van der Waals surface area contributed by atoms with E-state index in [4.69, 9.17) is 10.5 Å². The van der Waals surface area contributed by atoms with Gasteiger partial charge < -0.3 is 10.5 Å². The largest absolute Gasteiger partial charge is 0.489 e. The molecule has 21 heavy (non-hydrogen) atoms. The Kier molecular flexibility index (Phi) is 4.60. The summed E-state index contributed by atoms with van der Waals surface area (Å²) in [5, 5.41) is 0.961. The molecule has 0 saturated carbocycles. The average Bonchev–Trinajstić information content (AvgIpc) is 2.50. The van der Waals surface area contributed by atoms with E-state index >= 15 is 0 Å². The van der Waals surface area contributed by atoms with Gasteiger partial charge in [-0.2, -0.15) is 0 Å². The molecule has 0 unspecified atom stereocenters. The van der Waals surface area contributed by atoms with E-state index in [1.165, 1.54) is 32.4 Å². The maximum Gasteiger partial charge on any atom is 0.153 e. The van der Waals surface area contributed by atoms with Crippen LogP contribution in [-0.4, -0.2) is 36.1 Å². The Morgan fingerprint density at radius 2 is 2.05 bits per heavy atom. The van der Waals surface area contributed by atoms with E-state index in [1.807, 2.05) is 18.2 Å². The molecular formula is C16H20BrN3O. The highest BCUT2D eigenvalue weighted by Gasteiger charge is 2.12. The number of fused-ring (bicyclic) bond motifs is 1. The number of pyridine rings is 1.